The second-order valence-corrected chi connectivity index (χ2v) is 5.99. The van der Waals surface area contributed by atoms with Crippen LogP contribution in [0.2, 0.25) is 0 Å². The van der Waals surface area contributed by atoms with Crippen molar-refractivity contribution in [2.24, 2.45) is 0 Å². The molecule has 0 atom stereocenters. The molecule has 23 heavy (non-hydrogen) atoms. The van der Waals surface area contributed by atoms with Crippen LogP contribution in [0, 0.1) is 5.82 Å². The maximum atomic E-state index is 13.3. The fraction of sp³-hybridized carbons (Fsp3) is 0.316. The number of halogens is 1. The summed E-state index contributed by atoms with van der Waals surface area (Å²) in [6, 6.07) is 14.0. The van der Waals surface area contributed by atoms with E-state index in [1.807, 2.05) is 12.1 Å². The first-order chi connectivity index (χ1) is 11.1. The van der Waals surface area contributed by atoms with E-state index in [-0.39, 0.29) is 11.7 Å². The van der Waals surface area contributed by atoms with Gasteiger partial charge in [-0.3, -0.25) is 4.79 Å². The van der Waals surface area contributed by atoms with Gasteiger partial charge in [-0.15, -0.1) is 0 Å². The van der Waals surface area contributed by atoms with Crippen LogP contribution < -0.4 is 4.90 Å². The monoisotopic (exact) mass is 312 g/mol. The van der Waals surface area contributed by atoms with Crippen LogP contribution in [0.15, 0.2) is 48.5 Å². The molecule has 120 valence electrons. The zero-order chi connectivity index (χ0) is 16.2. The highest BCUT2D eigenvalue weighted by Crippen LogP contribution is 2.25. The zero-order valence-corrected chi connectivity index (χ0v) is 13.3. The van der Waals surface area contributed by atoms with Crippen molar-refractivity contribution in [3.05, 3.63) is 65.5 Å². The number of carbonyl (C=O) groups is 1. The predicted octanol–water partition coefficient (Wildman–Crippen LogP) is 3.70. The average Bonchev–Trinajstić information content (AvgIpc) is 3.09. The number of rotatable bonds is 4. The predicted molar refractivity (Wildman–Crippen MR) is 90.1 cm³/mol. The van der Waals surface area contributed by atoms with Crippen LogP contribution in [0.1, 0.15) is 28.8 Å². The SMILES string of the molecule is CN(Cc1ccccc1N1CCCC1)C(=O)c1cccc(F)c1. The van der Waals surface area contributed by atoms with Gasteiger partial charge < -0.3 is 9.80 Å². The minimum Gasteiger partial charge on any atom is -0.371 e. The third kappa shape index (κ3) is 3.52. The lowest BCUT2D eigenvalue weighted by atomic mass is 10.1. The number of hydrogen-bond acceptors (Lipinski definition) is 2. The normalized spacial score (nSPS) is 14.1. The van der Waals surface area contributed by atoms with Crippen LogP contribution in [-0.2, 0) is 6.54 Å². The summed E-state index contributed by atoms with van der Waals surface area (Å²) >= 11 is 0. The molecular weight excluding hydrogens is 291 g/mol. The third-order valence-electron chi connectivity index (χ3n) is 4.26. The summed E-state index contributed by atoms with van der Waals surface area (Å²) in [6.45, 7) is 2.65. The number of carbonyl (C=O) groups excluding carboxylic acids is 1. The van der Waals surface area contributed by atoms with E-state index >= 15 is 0 Å². The largest absolute Gasteiger partial charge is 0.371 e. The molecule has 3 rings (SSSR count). The van der Waals surface area contributed by atoms with Crippen LogP contribution >= 0.6 is 0 Å². The number of amides is 1. The molecule has 1 heterocycles. The van der Waals surface area contributed by atoms with Gasteiger partial charge in [0.2, 0.25) is 0 Å². The molecule has 0 unspecified atom stereocenters. The fourth-order valence-electron chi connectivity index (χ4n) is 3.08. The molecule has 2 aromatic carbocycles. The molecule has 4 heteroatoms. The van der Waals surface area contributed by atoms with E-state index in [2.05, 4.69) is 17.0 Å². The summed E-state index contributed by atoms with van der Waals surface area (Å²) in [5.74, 6) is -0.553. The number of para-hydroxylation sites is 1. The van der Waals surface area contributed by atoms with Crippen molar-refractivity contribution in [1.29, 1.82) is 0 Å². The smallest absolute Gasteiger partial charge is 0.253 e. The summed E-state index contributed by atoms with van der Waals surface area (Å²) in [6.07, 6.45) is 2.43. The van der Waals surface area contributed by atoms with Crippen molar-refractivity contribution in [1.82, 2.24) is 4.90 Å². The first-order valence-electron chi connectivity index (χ1n) is 7.99. The Morgan fingerprint density at radius 3 is 2.61 bits per heavy atom. The molecule has 0 spiro atoms. The van der Waals surface area contributed by atoms with Crippen molar-refractivity contribution in [3.63, 3.8) is 0 Å². The maximum Gasteiger partial charge on any atom is 0.253 e. The molecule has 2 aromatic rings. The van der Waals surface area contributed by atoms with Gasteiger partial charge in [0.15, 0.2) is 0 Å². The van der Waals surface area contributed by atoms with Crippen LogP contribution in [0.5, 0.6) is 0 Å². The van der Waals surface area contributed by atoms with E-state index in [1.54, 1.807) is 24.1 Å². The molecule has 0 bridgehead atoms. The Bertz CT molecular complexity index is 695. The Hall–Kier alpha value is -2.36. The van der Waals surface area contributed by atoms with Gasteiger partial charge in [-0.05, 0) is 42.7 Å². The molecule has 1 aliphatic rings. The molecule has 0 aromatic heterocycles. The topological polar surface area (TPSA) is 23.6 Å². The maximum absolute atomic E-state index is 13.3. The first-order valence-corrected chi connectivity index (χ1v) is 7.99. The molecule has 1 amide bonds. The van der Waals surface area contributed by atoms with Gasteiger partial charge in [-0.25, -0.2) is 4.39 Å². The van der Waals surface area contributed by atoms with E-state index in [9.17, 15) is 9.18 Å². The van der Waals surface area contributed by atoms with Crippen LogP contribution in [0.4, 0.5) is 10.1 Å². The van der Waals surface area contributed by atoms with E-state index in [1.165, 1.54) is 30.7 Å². The lowest BCUT2D eigenvalue weighted by Crippen LogP contribution is -2.28. The van der Waals surface area contributed by atoms with Gasteiger partial charge in [0.1, 0.15) is 5.82 Å². The summed E-state index contributed by atoms with van der Waals surface area (Å²) in [4.78, 5) is 16.5. The summed E-state index contributed by atoms with van der Waals surface area (Å²) in [5.41, 5.74) is 2.71. The molecule has 1 fully saturated rings. The van der Waals surface area contributed by atoms with Gasteiger partial charge in [0.05, 0.1) is 0 Å². The standard InChI is InChI=1S/C19H21FN2O/c1-21(19(23)15-8-6-9-17(20)13-15)14-16-7-2-3-10-18(16)22-11-4-5-12-22/h2-3,6-10,13H,4-5,11-12,14H2,1H3. The van der Waals surface area contributed by atoms with Crippen LogP contribution in [0.3, 0.4) is 0 Å². The molecule has 1 saturated heterocycles. The summed E-state index contributed by atoms with van der Waals surface area (Å²) < 4.78 is 13.3. The lowest BCUT2D eigenvalue weighted by molar-refractivity contribution is 0.0785. The van der Waals surface area contributed by atoms with E-state index in [0.29, 0.717) is 12.1 Å². The highest BCUT2D eigenvalue weighted by Gasteiger charge is 2.18. The van der Waals surface area contributed by atoms with Gasteiger partial charge in [-0.2, -0.15) is 0 Å². The Morgan fingerprint density at radius 2 is 1.87 bits per heavy atom. The van der Waals surface area contributed by atoms with E-state index < -0.39 is 0 Å². The number of anilines is 1. The molecule has 3 nitrogen and oxygen atoms in total. The molecule has 0 saturated carbocycles. The van der Waals surface area contributed by atoms with Crippen LogP contribution in [0.25, 0.3) is 0 Å². The average molecular weight is 312 g/mol. The minimum absolute atomic E-state index is 0.166. The van der Waals surface area contributed by atoms with E-state index in [0.717, 1.165) is 18.7 Å². The molecule has 0 N–H and O–H groups in total. The molecule has 1 aliphatic heterocycles. The number of nitrogens with zero attached hydrogens (tertiary/aromatic N) is 2. The quantitative estimate of drug-likeness (QED) is 0.859. The second kappa shape index (κ2) is 6.82. The Balaban J connectivity index is 1.77. The van der Waals surface area contributed by atoms with Gasteiger partial charge in [-0.1, -0.05) is 24.3 Å². The number of hydrogen-bond donors (Lipinski definition) is 0. The van der Waals surface area contributed by atoms with Crippen LogP contribution in [-0.4, -0.2) is 30.9 Å². The first kappa shape index (κ1) is 15.5. The highest BCUT2D eigenvalue weighted by molar-refractivity contribution is 5.94. The fourth-order valence-corrected chi connectivity index (χ4v) is 3.08. The van der Waals surface area contributed by atoms with Crippen molar-refractivity contribution >= 4 is 11.6 Å². The van der Waals surface area contributed by atoms with Crippen molar-refractivity contribution in [2.75, 3.05) is 25.0 Å². The van der Waals surface area contributed by atoms with E-state index in [4.69, 9.17) is 0 Å². The zero-order valence-electron chi connectivity index (χ0n) is 13.3. The van der Waals surface area contributed by atoms with Crippen molar-refractivity contribution < 1.29 is 9.18 Å². The van der Waals surface area contributed by atoms with Gasteiger partial charge in [0.25, 0.3) is 5.91 Å². The third-order valence-corrected chi connectivity index (χ3v) is 4.26. The second-order valence-electron chi connectivity index (χ2n) is 5.99. The van der Waals surface area contributed by atoms with Crippen molar-refractivity contribution in [2.45, 2.75) is 19.4 Å². The minimum atomic E-state index is -0.387. The Kier molecular flexibility index (Phi) is 4.60. The Morgan fingerprint density at radius 1 is 1.13 bits per heavy atom. The molecule has 0 radical (unpaired) electrons. The van der Waals surface area contributed by atoms with Crippen molar-refractivity contribution in [3.8, 4) is 0 Å². The number of benzene rings is 2. The van der Waals surface area contributed by atoms with Gasteiger partial charge in [0, 0.05) is 37.9 Å². The van der Waals surface area contributed by atoms with Gasteiger partial charge >= 0.3 is 0 Å². The molecular formula is C19H21FN2O. The summed E-state index contributed by atoms with van der Waals surface area (Å²) in [5, 5.41) is 0. The summed E-state index contributed by atoms with van der Waals surface area (Å²) in [7, 11) is 1.76. The highest BCUT2D eigenvalue weighted by atomic mass is 19.1. The molecule has 0 aliphatic carbocycles. The lowest BCUT2D eigenvalue weighted by Gasteiger charge is -2.24. The Labute approximate surface area is 136 Å².